The van der Waals surface area contributed by atoms with E-state index >= 15 is 0 Å². The van der Waals surface area contributed by atoms with E-state index in [1.807, 2.05) is 0 Å². The van der Waals surface area contributed by atoms with Gasteiger partial charge < -0.3 is 15.4 Å². The van der Waals surface area contributed by atoms with Crippen LogP contribution in [0.4, 0.5) is 0 Å². The van der Waals surface area contributed by atoms with E-state index in [0.717, 1.165) is 37.6 Å². The van der Waals surface area contributed by atoms with Gasteiger partial charge in [0.15, 0.2) is 0 Å². The van der Waals surface area contributed by atoms with Crippen LogP contribution in [0, 0.1) is 17.8 Å². The number of hydrogen-bond donors (Lipinski definition) is 2. The number of carbonyl (C=O) groups is 1. The smallest absolute Gasteiger partial charge is 0.223 e. The van der Waals surface area contributed by atoms with Crippen molar-refractivity contribution in [3.63, 3.8) is 0 Å². The Labute approximate surface area is 134 Å². The predicted octanol–water partition coefficient (Wildman–Crippen LogP) is 2.48. The Balaban J connectivity index is 1.49. The van der Waals surface area contributed by atoms with E-state index in [-0.39, 0.29) is 17.4 Å². The van der Waals surface area contributed by atoms with Crippen LogP contribution in [0.5, 0.6) is 0 Å². The molecule has 1 aliphatic heterocycles. The first-order valence-electron chi connectivity index (χ1n) is 9.24. The maximum atomic E-state index is 12.6. The normalized spacial score (nSPS) is 38.5. The molecular weight excluding hydrogens is 276 g/mol. The van der Waals surface area contributed by atoms with Crippen molar-refractivity contribution >= 4 is 5.91 Å². The largest absolute Gasteiger partial charge is 0.383 e. The van der Waals surface area contributed by atoms with Crippen molar-refractivity contribution in [2.45, 2.75) is 63.3 Å². The fourth-order valence-corrected chi connectivity index (χ4v) is 4.98. The summed E-state index contributed by atoms with van der Waals surface area (Å²) in [6, 6.07) is 0. The summed E-state index contributed by atoms with van der Waals surface area (Å²) in [6.07, 6.45) is 11.3. The van der Waals surface area contributed by atoms with Crippen molar-refractivity contribution in [3.05, 3.63) is 0 Å². The van der Waals surface area contributed by atoms with E-state index in [2.05, 4.69) is 10.6 Å². The van der Waals surface area contributed by atoms with Gasteiger partial charge in [0, 0.05) is 19.6 Å². The Morgan fingerprint density at radius 2 is 2.00 bits per heavy atom. The van der Waals surface area contributed by atoms with Gasteiger partial charge in [0.05, 0.1) is 12.1 Å². The van der Waals surface area contributed by atoms with Crippen molar-refractivity contribution in [3.8, 4) is 0 Å². The van der Waals surface area contributed by atoms with Gasteiger partial charge in [-0.1, -0.05) is 25.7 Å². The number of amides is 1. The van der Waals surface area contributed by atoms with Gasteiger partial charge in [-0.05, 0) is 50.5 Å². The SMILES string of the molecule is COCC1(CNC(=O)C2CCC3CCCCC3C2)CCCN1. The zero-order valence-electron chi connectivity index (χ0n) is 14.0. The van der Waals surface area contributed by atoms with Crippen molar-refractivity contribution in [2.24, 2.45) is 17.8 Å². The molecule has 2 aliphatic carbocycles. The molecule has 1 saturated heterocycles. The zero-order valence-corrected chi connectivity index (χ0v) is 14.0. The first-order valence-corrected chi connectivity index (χ1v) is 9.24. The summed E-state index contributed by atoms with van der Waals surface area (Å²) in [5.41, 5.74) is -0.0353. The molecule has 3 rings (SSSR count). The van der Waals surface area contributed by atoms with Crippen molar-refractivity contribution in [1.82, 2.24) is 10.6 Å². The number of methoxy groups -OCH3 is 1. The van der Waals surface area contributed by atoms with Crippen LogP contribution in [0.15, 0.2) is 0 Å². The molecular formula is C18H32N2O2. The molecule has 126 valence electrons. The Hall–Kier alpha value is -0.610. The van der Waals surface area contributed by atoms with Gasteiger partial charge in [-0.25, -0.2) is 0 Å². The van der Waals surface area contributed by atoms with Crippen molar-refractivity contribution in [2.75, 3.05) is 26.8 Å². The number of ether oxygens (including phenoxy) is 1. The van der Waals surface area contributed by atoms with Gasteiger partial charge in [0.2, 0.25) is 5.91 Å². The van der Waals surface area contributed by atoms with Gasteiger partial charge in [-0.2, -0.15) is 0 Å². The molecule has 3 fully saturated rings. The lowest BCUT2D eigenvalue weighted by Crippen LogP contribution is -2.54. The summed E-state index contributed by atoms with van der Waals surface area (Å²) in [7, 11) is 1.74. The second kappa shape index (κ2) is 7.31. The standard InChI is InChI=1S/C18H32N2O2/c1-22-13-18(9-4-10-20-18)12-19-17(21)16-8-7-14-5-2-3-6-15(14)11-16/h14-16,20H,2-13H2,1H3,(H,19,21). The second-order valence-electron chi connectivity index (χ2n) is 7.78. The van der Waals surface area contributed by atoms with Gasteiger partial charge in [0.1, 0.15) is 0 Å². The van der Waals surface area contributed by atoms with Crippen LogP contribution >= 0.6 is 0 Å². The molecule has 22 heavy (non-hydrogen) atoms. The molecule has 4 heteroatoms. The molecule has 0 bridgehead atoms. The number of nitrogens with one attached hydrogen (secondary N) is 2. The lowest BCUT2D eigenvalue weighted by atomic mass is 9.67. The molecule has 0 spiro atoms. The summed E-state index contributed by atoms with van der Waals surface area (Å²) in [4.78, 5) is 12.6. The Kier molecular flexibility index (Phi) is 5.40. The Morgan fingerprint density at radius 3 is 2.73 bits per heavy atom. The lowest BCUT2D eigenvalue weighted by molar-refractivity contribution is -0.127. The Morgan fingerprint density at radius 1 is 1.18 bits per heavy atom. The van der Waals surface area contributed by atoms with Crippen LogP contribution in [0.2, 0.25) is 0 Å². The van der Waals surface area contributed by atoms with Gasteiger partial charge in [0.25, 0.3) is 0 Å². The van der Waals surface area contributed by atoms with E-state index in [1.165, 1.54) is 38.5 Å². The Bertz CT molecular complexity index is 379. The minimum atomic E-state index is -0.0353. The van der Waals surface area contributed by atoms with Crippen LogP contribution in [-0.2, 0) is 9.53 Å². The summed E-state index contributed by atoms with van der Waals surface area (Å²) in [6.45, 7) is 2.43. The average molecular weight is 308 g/mol. The number of hydrogen-bond acceptors (Lipinski definition) is 3. The quantitative estimate of drug-likeness (QED) is 0.820. The van der Waals surface area contributed by atoms with E-state index in [1.54, 1.807) is 7.11 Å². The molecule has 2 saturated carbocycles. The average Bonchev–Trinajstić information content (AvgIpc) is 3.01. The van der Waals surface area contributed by atoms with Crippen LogP contribution in [0.3, 0.4) is 0 Å². The highest BCUT2D eigenvalue weighted by atomic mass is 16.5. The number of fused-ring (bicyclic) bond motifs is 1. The summed E-state index contributed by atoms with van der Waals surface area (Å²) in [5, 5.41) is 6.77. The molecule has 1 heterocycles. The maximum absolute atomic E-state index is 12.6. The monoisotopic (exact) mass is 308 g/mol. The first-order chi connectivity index (χ1) is 10.7. The van der Waals surface area contributed by atoms with Gasteiger partial charge in [-0.15, -0.1) is 0 Å². The third-order valence-corrected chi connectivity index (χ3v) is 6.26. The molecule has 0 aromatic heterocycles. The molecule has 4 unspecified atom stereocenters. The molecule has 2 N–H and O–H groups in total. The molecule has 0 aromatic carbocycles. The highest BCUT2D eigenvalue weighted by molar-refractivity contribution is 5.78. The molecule has 4 atom stereocenters. The second-order valence-corrected chi connectivity index (χ2v) is 7.78. The first kappa shape index (κ1) is 16.3. The van der Waals surface area contributed by atoms with Gasteiger partial charge in [-0.3, -0.25) is 4.79 Å². The topological polar surface area (TPSA) is 50.4 Å². The third-order valence-electron chi connectivity index (χ3n) is 6.26. The van der Waals surface area contributed by atoms with Crippen LogP contribution < -0.4 is 10.6 Å². The number of carbonyl (C=O) groups excluding carboxylic acids is 1. The molecule has 3 aliphatic rings. The fourth-order valence-electron chi connectivity index (χ4n) is 4.98. The molecule has 0 aromatic rings. The van der Waals surface area contributed by atoms with E-state index in [9.17, 15) is 4.79 Å². The minimum Gasteiger partial charge on any atom is -0.383 e. The van der Waals surface area contributed by atoms with Crippen LogP contribution in [0.25, 0.3) is 0 Å². The van der Waals surface area contributed by atoms with Gasteiger partial charge >= 0.3 is 0 Å². The lowest BCUT2D eigenvalue weighted by Gasteiger charge is -2.39. The number of rotatable bonds is 5. The molecule has 4 nitrogen and oxygen atoms in total. The fraction of sp³-hybridized carbons (Fsp3) is 0.944. The summed E-state index contributed by atoms with van der Waals surface area (Å²) < 4.78 is 5.36. The van der Waals surface area contributed by atoms with Crippen LogP contribution in [-0.4, -0.2) is 38.3 Å². The van der Waals surface area contributed by atoms with E-state index in [0.29, 0.717) is 13.2 Å². The van der Waals surface area contributed by atoms with E-state index in [4.69, 9.17) is 4.74 Å². The summed E-state index contributed by atoms with van der Waals surface area (Å²) >= 11 is 0. The zero-order chi connectivity index (χ0) is 15.4. The van der Waals surface area contributed by atoms with Crippen molar-refractivity contribution < 1.29 is 9.53 Å². The highest BCUT2D eigenvalue weighted by Gasteiger charge is 2.37. The molecule has 0 radical (unpaired) electrons. The third kappa shape index (κ3) is 3.65. The predicted molar refractivity (Wildman–Crippen MR) is 87.6 cm³/mol. The molecule has 1 amide bonds. The van der Waals surface area contributed by atoms with Crippen molar-refractivity contribution in [1.29, 1.82) is 0 Å². The van der Waals surface area contributed by atoms with Crippen LogP contribution in [0.1, 0.15) is 57.8 Å². The van der Waals surface area contributed by atoms with E-state index < -0.39 is 0 Å². The highest BCUT2D eigenvalue weighted by Crippen LogP contribution is 2.42. The minimum absolute atomic E-state index is 0.0353. The maximum Gasteiger partial charge on any atom is 0.223 e. The summed E-state index contributed by atoms with van der Waals surface area (Å²) in [5.74, 6) is 2.26.